The molecule has 0 aliphatic heterocycles. The topological polar surface area (TPSA) is 54.4 Å². The van der Waals surface area contributed by atoms with Crippen LogP contribution in [0, 0.1) is 5.92 Å². The van der Waals surface area contributed by atoms with Crippen molar-refractivity contribution in [3.63, 3.8) is 0 Å². The number of hydrogen-bond acceptors (Lipinski definition) is 2. The first kappa shape index (κ1) is 10.9. The molecule has 0 fully saturated rings. The molecule has 68 valence electrons. The third kappa shape index (κ3) is 4.66. The van der Waals surface area contributed by atoms with Crippen molar-refractivity contribution in [2.75, 3.05) is 0 Å². The van der Waals surface area contributed by atoms with Crippen molar-refractivity contribution in [1.29, 1.82) is 0 Å². The summed E-state index contributed by atoms with van der Waals surface area (Å²) in [6.07, 6.45) is 5.74. The molecule has 0 heterocycles. The van der Waals surface area contributed by atoms with E-state index >= 15 is 0 Å². The number of hydrogen-bond donors (Lipinski definition) is 1. The molecule has 3 heteroatoms. The molecule has 0 spiro atoms. The number of carboxylic acid groups (broad SMARTS) is 1. The zero-order valence-electron chi connectivity index (χ0n) is 7.19. The number of aliphatic carboxylic acids is 1. The first-order valence-corrected chi connectivity index (χ1v) is 4.03. The Bertz CT molecular complexity index is 173. The van der Waals surface area contributed by atoms with Crippen molar-refractivity contribution in [2.24, 2.45) is 5.92 Å². The fourth-order valence-corrected chi connectivity index (χ4v) is 0.854. The van der Waals surface area contributed by atoms with Gasteiger partial charge in [-0.1, -0.05) is 19.1 Å². The molecule has 12 heavy (non-hydrogen) atoms. The molecule has 1 N–H and O–H groups in total. The third-order valence-electron chi connectivity index (χ3n) is 1.66. The summed E-state index contributed by atoms with van der Waals surface area (Å²) < 4.78 is 0. The summed E-state index contributed by atoms with van der Waals surface area (Å²) in [7, 11) is 0. The lowest BCUT2D eigenvalue weighted by molar-refractivity contribution is -0.141. The maximum atomic E-state index is 10.5. The number of rotatable bonds is 6. The number of carboxylic acids is 1. The Balaban J connectivity index is 3.71. The van der Waals surface area contributed by atoms with Crippen molar-refractivity contribution in [2.45, 2.75) is 26.2 Å². The van der Waals surface area contributed by atoms with Gasteiger partial charge < -0.3 is 9.90 Å². The quantitative estimate of drug-likeness (QED) is 0.487. The van der Waals surface area contributed by atoms with Crippen LogP contribution >= 0.6 is 0 Å². The zero-order chi connectivity index (χ0) is 9.40. The lowest BCUT2D eigenvalue weighted by atomic mass is 10.0. The number of aldehydes is 1. The molecule has 3 nitrogen and oxygen atoms in total. The zero-order valence-corrected chi connectivity index (χ0v) is 7.19. The minimum Gasteiger partial charge on any atom is -0.481 e. The second kappa shape index (κ2) is 6.58. The Morgan fingerprint density at radius 2 is 2.17 bits per heavy atom. The fourth-order valence-electron chi connectivity index (χ4n) is 0.854. The lowest BCUT2D eigenvalue weighted by Crippen LogP contribution is -2.11. The van der Waals surface area contributed by atoms with Gasteiger partial charge in [-0.2, -0.15) is 0 Å². The second-order valence-electron chi connectivity index (χ2n) is 2.55. The maximum Gasteiger partial charge on any atom is 0.306 e. The molecule has 0 amide bonds. The van der Waals surface area contributed by atoms with Crippen LogP contribution in [0.4, 0.5) is 0 Å². The highest BCUT2D eigenvalue weighted by molar-refractivity contribution is 5.70. The van der Waals surface area contributed by atoms with E-state index in [0.717, 1.165) is 6.29 Å². The van der Waals surface area contributed by atoms with E-state index in [0.29, 0.717) is 19.3 Å². The van der Waals surface area contributed by atoms with Crippen molar-refractivity contribution in [1.82, 2.24) is 0 Å². The first-order valence-electron chi connectivity index (χ1n) is 4.03. The molecule has 0 radical (unpaired) electrons. The summed E-state index contributed by atoms with van der Waals surface area (Å²) in [5.41, 5.74) is 0. The smallest absolute Gasteiger partial charge is 0.306 e. The van der Waals surface area contributed by atoms with E-state index in [1.165, 1.54) is 0 Å². The van der Waals surface area contributed by atoms with E-state index in [1.807, 2.05) is 6.92 Å². The van der Waals surface area contributed by atoms with Gasteiger partial charge in [0.05, 0.1) is 5.92 Å². The number of allylic oxidation sites excluding steroid dienone is 2. The molecular formula is C9H14O3. The molecular weight excluding hydrogens is 156 g/mol. The molecule has 1 atom stereocenters. The van der Waals surface area contributed by atoms with Gasteiger partial charge in [0.2, 0.25) is 0 Å². The Hall–Kier alpha value is -1.12. The molecule has 0 aliphatic rings. The average Bonchev–Trinajstić information content (AvgIpc) is 2.04. The Morgan fingerprint density at radius 1 is 1.50 bits per heavy atom. The Morgan fingerprint density at radius 3 is 2.58 bits per heavy atom. The van der Waals surface area contributed by atoms with E-state index in [1.54, 1.807) is 12.2 Å². The molecule has 0 rings (SSSR count). The van der Waals surface area contributed by atoms with Crippen LogP contribution in [0.2, 0.25) is 0 Å². The lowest BCUT2D eigenvalue weighted by Gasteiger charge is -2.04. The van der Waals surface area contributed by atoms with Gasteiger partial charge in [0.1, 0.15) is 6.29 Å². The van der Waals surface area contributed by atoms with Crippen molar-refractivity contribution in [3.8, 4) is 0 Å². The van der Waals surface area contributed by atoms with Gasteiger partial charge in [-0.25, -0.2) is 0 Å². The van der Waals surface area contributed by atoms with Gasteiger partial charge in [0.15, 0.2) is 0 Å². The average molecular weight is 170 g/mol. The van der Waals surface area contributed by atoms with E-state index < -0.39 is 5.97 Å². The SMILES string of the molecule is CCC(C/C=C/CC=O)C(=O)O. The van der Waals surface area contributed by atoms with Crippen LogP contribution in [0.15, 0.2) is 12.2 Å². The van der Waals surface area contributed by atoms with Crippen molar-refractivity contribution < 1.29 is 14.7 Å². The predicted octanol–water partition coefficient (Wildman–Crippen LogP) is 1.63. The summed E-state index contributed by atoms with van der Waals surface area (Å²) in [4.78, 5) is 20.4. The highest BCUT2D eigenvalue weighted by Gasteiger charge is 2.11. The molecule has 0 aromatic carbocycles. The standard InChI is InChI=1S/C9H14O3/c1-2-8(9(11)12)6-4-3-5-7-10/h3-4,7-8H,2,5-6H2,1H3,(H,11,12)/b4-3+. The van der Waals surface area contributed by atoms with Gasteiger partial charge in [-0.05, 0) is 12.8 Å². The van der Waals surface area contributed by atoms with Crippen LogP contribution in [0.5, 0.6) is 0 Å². The van der Waals surface area contributed by atoms with Gasteiger partial charge in [0, 0.05) is 6.42 Å². The van der Waals surface area contributed by atoms with Crippen LogP contribution in [0.25, 0.3) is 0 Å². The monoisotopic (exact) mass is 170 g/mol. The Labute approximate surface area is 72.1 Å². The summed E-state index contributed by atoms with van der Waals surface area (Å²) in [6, 6.07) is 0. The van der Waals surface area contributed by atoms with Crippen molar-refractivity contribution >= 4 is 12.3 Å². The maximum absolute atomic E-state index is 10.5. The van der Waals surface area contributed by atoms with E-state index in [2.05, 4.69) is 0 Å². The van der Waals surface area contributed by atoms with Crippen molar-refractivity contribution in [3.05, 3.63) is 12.2 Å². The summed E-state index contributed by atoms with van der Waals surface area (Å²) >= 11 is 0. The van der Waals surface area contributed by atoms with E-state index in [4.69, 9.17) is 5.11 Å². The van der Waals surface area contributed by atoms with Gasteiger partial charge >= 0.3 is 5.97 Å². The van der Waals surface area contributed by atoms with Gasteiger partial charge in [-0.15, -0.1) is 0 Å². The molecule has 0 aromatic rings. The summed E-state index contributed by atoms with van der Waals surface area (Å²) in [6.45, 7) is 1.84. The predicted molar refractivity (Wildman–Crippen MR) is 45.9 cm³/mol. The molecule has 0 aliphatic carbocycles. The second-order valence-corrected chi connectivity index (χ2v) is 2.55. The largest absolute Gasteiger partial charge is 0.481 e. The van der Waals surface area contributed by atoms with Crippen LogP contribution in [-0.4, -0.2) is 17.4 Å². The van der Waals surface area contributed by atoms with Crippen LogP contribution in [0.3, 0.4) is 0 Å². The minimum absolute atomic E-state index is 0.312. The van der Waals surface area contributed by atoms with Crippen LogP contribution in [0.1, 0.15) is 26.2 Å². The third-order valence-corrected chi connectivity index (χ3v) is 1.66. The summed E-state index contributed by atoms with van der Waals surface area (Å²) in [5.74, 6) is -1.08. The fraction of sp³-hybridized carbons (Fsp3) is 0.556. The number of carbonyl (C=O) groups is 2. The van der Waals surface area contributed by atoms with E-state index in [9.17, 15) is 9.59 Å². The number of carbonyl (C=O) groups excluding carboxylic acids is 1. The molecule has 0 bridgehead atoms. The highest BCUT2D eigenvalue weighted by atomic mass is 16.4. The van der Waals surface area contributed by atoms with E-state index in [-0.39, 0.29) is 5.92 Å². The highest BCUT2D eigenvalue weighted by Crippen LogP contribution is 2.08. The first-order chi connectivity index (χ1) is 5.72. The van der Waals surface area contributed by atoms with Crippen LogP contribution in [-0.2, 0) is 9.59 Å². The van der Waals surface area contributed by atoms with Gasteiger partial charge in [-0.3, -0.25) is 4.79 Å². The molecule has 0 saturated heterocycles. The molecule has 1 unspecified atom stereocenters. The van der Waals surface area contributed by atoms with Crippen LogP contribution < -0.4 is 0 Å². The Kier molecular flexibility index (Phi) is 5.97. The minimum atomic E-state index is -0.770. The van der Waals surface area contributed by atoms with Gasteiger partial charge in [0.25, 0.3) is 0 Å². The normalized spacial score (nSPS) is 13.1. The summed E-state index contributed by atoms with van der Waals surface area (Å²) in [5, 5.41) is 8.63. The molecule has 0 saturated carbocycles. The molecule has 0 aromatic heterocycles.